The normalized spacial score (nSPS) is 10.3. The highest BCUT2D eigenvalue weighted by Crippen LogP contribution is 2.36. The lowest BCUT2D eigenvalue weighted by Gasteiger charge is -2.22. The zero-order chi connectivity index (χ0) is 14.1. The molecule has 0 unspecified atom stereocenters. The fourth-order valence-corrected chi connectivity index (χ4v) is 1.70. The summed E-state index contributed by atoms with van der Waals surface area (Å²) >= 11 is 0. The quantitative estimate of drug-likeness (QED) is 0.534. The van der Waals surface area contributed by atoms with Crippen molar-refractivity contribution in [3.8, 4) is 23.8 Å². The van der Waals surface area contributed by atoms with Crippen molar-refractivity contribution in [3.63, 3.8) is 0 Å². The molecule has 0 N–H and O–H groups in total. The molecule has 0 atom stereocenters. The van der Waals surface area contributed by atoms with Gasteiger partial charge in [0.15, 0.2) is 6.29 Å². The minimum Gasteiger partial charge on any atom is -0.496 e. The molecular formula is C15H20O4. The lowest BCUT2D eigenvalue weighted by molar-refractivity contribution is -0.141. The third-order valence-electron chi connectivity index (χ3n) is 2.43. The van der Waals surface area contributed by atoms with E-state index in [9.17, 15) is 0 Å². The van der Waals surface area contributed by atoms with Gasteiger partial charge in [-0.1, -0.05) is 12.0 Å². The Balaban J connectivity index is 3.13. The van der Waals surface area contributed by atoms with Gasteiger partial charge < -0.3 is 18.9 Å². The summed E-state index contributed by atoms with van der Waals surface area (Å²) in [5, 5.41) is 0. The topological polar surface area (TPSA) is 36.9 Å². The SMILES string of the molecule is C#CCOc1cccc(OC)c1C(OCC)OCC. The van der Waals surface area contributed by atoms with Gasteiger partial charge in [0.2, 0.25) is 0 Å². The van der Waals surface area contributed by atoms with E-state index >= 15 is 0 Å². The number of hydrogen-bond acceptors (Lipinski definition) is 4. The first kappa shape index (κ1) is 15.4. The highest BCUT2D eigenvalue weighted by Gasteiger charge is 2.21. The van der Waals surface area contributed by atoms with E-state index in [-0.39, 0.29) is 6.61 Å². The van der Waals surface area contributed by atoms with Crippen molar-refractivity contribution in [2.75, 3.05) is 26.9 Å². The molecule has 0 saturated heterocycles. The van der Waals surface area contributed by atoms with Crippen molar-refractivity contribution >= 4 is 0 Å². The van der Waals surface area contributed by atoms with E-state index in [1.54, 1.807) is 7.11 Å². The summed E-state index contributed by atoms with van der Waals surface area (Å²) in [6, 6.07) is 5.49. The maximum absolute atomic E-state index is 5.60. The zero-order valence-electron chi connectivity index (χ0n) is 11.6. The molecule has 0 aliphatic carbocycles. The first-order chi connectivity index (χ1) is 9.28. The van der Waals surface area contributed by atoms with Gasteiger partial charge in [0, 0.05) is 13.2 Å². The van der Waals surface area contributed by atoms with Crippen LogP contribution in [0.2, 0.25) is 0 Å². The van der Waals surface area contributed by atoms with Crippen LogP contribution >= 0.6 is 0 Å². The molecule has 0 aliphatic rings. The molecule has 104 valence electrons. The number of ether oxygens (including phenoxy) is 4. The van der Waals surface area contributed by atoms with Crippen LogP contribution in [0, 0.1) is 12.3 Å². The summed E-state index contributed by atoms with van der Waals surface area (Å²) in [6.45, 7) is 5.05. The fourth-order valence-electron chi connectivity index (χ4n) is 1.70. The van der Waals surface area contributed by atoms with Crippen LogP contribution in [0.1, 0.15) is 25.7 Å². The second-order valence-corrected chi connectivity index (χ2v) is 3.61. The summed E-state index contributed by atoms with van der Waals surface area (Å²) in [7, 11) is 1.60. The Morgan fingerprint density at radius 3 is 2.32 bits per heavy atom. The second kappa shape index (κ2) is 8.41. The van der Waals surface area contributed by atoms with Crippen LogP contribution < -0.4 is 9.47 Å². The van der Waals surface area contributed by atoms with Crippen molar-refractivity contribution in [1.29, 1.82) is 0 Å². The van der Waals surface area contributed by atoms with E-state index in [2.05, 4.69) is 5.92 Å². The van der Waals surface area contributed by atoms with Gasteiger partial charge in [-0.2, -0.15) is 0 Å². The lowest BCUT2D eigenvalue weighted by atomic mass is 10.1. The third-order valence-corrected chi connectivity index (χ3v) is 2.43. The predicted octanol–water partition coefficient (Wildman–Crippen LogP) is 2.78. The van der Waals surface area contributed by atoms with Gasteiger partial charge in [-0.25, -0.2) is 0 Å². The number of terminal acetylenes is 1. The Morgan fingerprint density at radius 1 is 1.16 bits per heavy atom. The van der Waals surface area contributed by atoms with Crippen LogP contribution in [0.5, 0.6) is 11.5 Å². The average Bonchev–Trinajstić information content (AvgIpc) is 2.44. The molecule has 0 fully saturated rings. The molecule has 0 radical (unpaired) electrons. The second-order valence-electron chi connectivity index (χ2n) is 3.61. The summed E-state index contributed by atoms with van der Waals surface area (Å²) < 4.78 is 22.1. The summed E-state index contributed by atoms with van der Waals surface area (Å²) in [6.07, 6.45) is 4.69. The lowest BCUT2D eigenvalue weighted by Crippen LogP contribution is -2.12. The molecule has 1 rings (SSSR count). The van der Waals surface area contributed by atoms with Gasteiger partial charge in [-0.3, -0.25) is 0 Å². The van der Waals surface area contributed by atoms with E-state index in [0.29, 0.717) is 24.7 Å². The molecule has 0 saturated carbocycles. The van der Waals surface area contributed by atoms with Gasteiger partial charge in [-0.05, 0) is 26.0 Å². The maximum Gasteiger partial charge on any atom is 0.190 e. The zero-order valence-corrected chi connectivity index (χ0v) is 11.6. The highest BCUT2D eigenvalue weighted by molar-refractivity contribution is 5.46. The van der Waals surface area contributed by atoms with E-state index < -0.39 is 6.29 Å². The van der Waals surface area contributed by atoms with Gasteiger partial charge in [-0.15, -0.1) is 6.42 Å². The first-order valence-corrected chi connectivity index (χ1v) is 6.24. The van der Waals surface area contributed by atoms with Crippen LogP contribution in [0.3, 0.4) is 0 Å². The molecule has 19 heavy (non-hydrogen) atoms. The smallest absolute Gasteiger partial charge is 0.190 e. The molecule has 1 aromatic carbocycles. The first-order valence-electron chi connectivity index (χ1n) is 6.24. The van der Waals surface area contributed by atoms with Gasteiger partial charge in [0.1, 0.15) is 18.1 Å². The standard InChI is InChI=1S/C15H20O4/c1-5-11-19-13-10-8-9-12(16-4)14(13)15(17-6-2)18-7-3/h1,8-10,15H,6-7,11H2,2-4H3. The van der Waals surface area contributed by atoms with Gasteiger partial charge in [0.05, 0.1) is 12.7 Å². The molecule has 0 amide bonds. The van der Waals surface area contributed by atoms with Crippen LogP contribution in [0.25, 0.3) is 0 Å². The van der Waals surface area contributed by atoms with Crippen molar-refractivity contribution in [2.45, 2.75) is 20.1 Å². The average molecular weight is 264 g/mol. The Bertz CT molecular complexity index is 417. The molecule has 4 nitrogen and oxygen atoms in total. The largest absolute Gasteiger partial charge is 0.496 e. The Labute approximate surface area is 114 Å². The van der Waals surface area contributed by atoms with E-state index in [1.165, 1.54) is 0 Å². The summed E-state index contributed by atoms with van der Waals surface area (Å²) in [5.74, 6) is 3.71. The van der Waals surface area contributed by atoms with Gasteiger partial charge in [0.25, 0.3) is 0 Å². The Hall–Kier alpha value is -1.70. The Morgan fingerprint density at radius 2 is 1.79 bits per heavy atom. The number of hydrogen-bond donors (Lipinski definition) is 0. The van der Waals surface area contributed by atoms with Crippen LogP contribution in [-0.4, -0.2) is 26.9 Å². The predicted molar refractivity (Wildman–Crippen MR) is 73.3 cm³/mol. The van der Waals surface area contributed by atoms with Crippen LogP contribution in [0.15, 0.2) is 18.2 Å². The number of rotatable bonds is 8. The minimum absolute atomic E-state index is 0.186. The molecule has 4 heteroatoms. The number of methoxy groups -OCH3 is 1. The molecule has 0 aliphatic heterocycles. The Kier molecular flexibility index (Phi) is 6.80. The van der Waals surface area contributed by atoms with Crippen molar-refractivity contribution in [3.05, 3.63) is 23.8 Å². The van der Waals surface area contributed by atoms with E-state index in [4.69, 9.17) is 25.4 Å². The molecule has 0 heterocycles. The third kappa shape index (κ3) is 4.16. The molecular weight excluding hydrogens is 244 g/mol. The molecule has 0 spiro atoms. The van der Waals surface area contributed by atoms with Crippen LogP contribution in [-0.2, 0) is 9.47 Å². The monoisotopic (exact) mass is 264 g/mol. The van der Waals surface area contributed by atoms with E-state index in [0.717, 1.165) is 5.56 Å². The van der Waals surface area contributed by atoms with Crippen LogP contribution in [0.4, 0.5) is 0 Å². The molecule has 0 aromatic heterocycles. The van der Waals surface area contributed by atoms with Crippen molar-refractivity contribution in [2.24, 2.45) is 0 Å². The molecule has 0 bridgehead atoms. The fraction of sp³-hybridized carbons (Fsp3) is 0.467. The molecule has 1 aromatic rings. The van der Waals surface area contributed by atoms with Crippen molar-refractivity contribution in [1.82, 2.24) is 0 Å². The number of benzene rings is 1. The van der Waals surface area contributed by atoms with Gasteiger partial charge >= 0.3 is 0 Å². The highest BCUT2D eigenvalue weighted by atomic mass is 16.7. The summed E-state index contributed by atoms with van der Waals surface area (Å²) in [4.78, 5) is 0. The van der Waals surface area contributed by atoms with E-state index in [1.807, 2.05) is 32.0 Å². The minimum atomic E-state index is -0.529. The maximum atomic E-state index is 5.60. The van der Waals surface area contributed by atoms with Crippen molar-refractivity contribution < 1.29 is 18.9 Å². The summed E-state index contributed by atoms with van der Waals surface area (Å²) in [5.41, 5.74) is 0.726.